The minimum atomic E-state index is -0.873. The fourth-order valence-electron chi connectivity index (χ4n) is 4.56. The summed E-state index contributed by atoms with van der Waals surface area (Å²) in [5, 5.41) is 5.21. The Kier molecular flexibility index (Phi) is 6.44. The van der Waals surface area contributed by atoms with Crippen molar-refractivity contribution >= 4 is 29.4 Å². The van der Waals surface area contributed by atoms with Crippen LogP contribution >= 0.6 is 0 Å². The molecule has 172 valence electrons. The van der Waals surface area contributed by atoms with Gasteiger partial charge in [0.2, 0.25) is 11.8 Å². The highest BCUT2D eigenvalue weighted by Gasteiger charge is 2.54. The number of hydrogen-bond acceptors (Lipinski definition) is 4. The first-order valence-electron chi connectivity index (χ1n) is 11.2. The number of carbonyl (C=O) groups is 4. The maximum absolute atomic E-state index is 12.3. The molecule has 8 nitrogen and oxygen atoms in total. The molecule has 2 aromatic carbocycles. The molecule has 0 saturated carbocycles. The topological polar surface area (TPSA) is 98.8 Å². The van der Waals surface area contributed by atoms with Crippen LogP contribution in [0.15, 0.2) is 54.6 Å². The predicted octanol–water partition coefficient (Wildman–Crippen LogP) is 2.34. The molecular formula is C25H28N4O4. The number of likely N-dealkylation sites (N-methyl/N-ethyl adjacent to an activating group) is 1. The molecule has 5 amide bonds. The van der Waals surface area contributed by atoms with Gasteiger partial charge in [0.25, 0.3) is 5.91 Å². The molecule has 0 bridgehead atoms. The summed E-state index contributed by atoms with van der Waals surface area (Å²) in [5.41, 5.74) is 1.70. The molecule has 1 unspecified atom stereocenters. The van der Waals surface area contributed by atoms with Gasteiger partial charge in [0, 0.05) is 38.5 Å². The molecule has 5 rings (SSSR count). The summed E-state index contributed by atoms with van der Waals surface area (Å²) in [6.45, 7) is 0.675. The van der Waals surface area contributed by atoms with Crippen molar-refractivity contribution in [1.82, 2.24) is 15.1 Å². The van der Waals surface area contributed by atoms with E-state index in [1.54, 1.807) is 18.0 Å². The second-order valence-corrected chi connectivity index (χ2v) is 8.66. The quantitative estimate of drug-likeness (QED) is 0.704. The van der Waals surface area contributed by atoms with Crippen molar-refractivity contribution in [2.75, 3.05) is 25.5 Å². The number of urea groups is 1. The lowest BCUT2D eigenvalue weighted by molar-refractivity contribution is -0.136. The number of hydrogen-bond donors (Lipinski definition) is 2. The van der Waals surface area contributed by atoms with Gasteiger partial charge in [-0.15, -0.1) is 0 Å². The molecule has 0 radical (unpaired) electrons. The number of benzene rings is 2. The lowest BCUT2D eigenvalue weighted by atomic mass is 9.95. The van der Waals surface area contributed by atoms with Gasteiger partial charge in [-0.2, -0.15) is 0 Å². The zero-order valence-electron chi connectivity index (χ0n) is 18.7. The van der Waals surface area contributed by atoms with Crippen molar-refractivity contribution in [2.45, 2.75) is 37.6 Å². The molecule has 1 spiro atoms. The molecule has 2 aliphatic heterocycles. The van der Waals surface area contributed by atoms with Crippen molar-refractivity contribution in [3.05, 3.63) is 65.7 Å². The first-order chi connectivity index (χ1) is 15.9. The number of nitrogens with zero attached hydrogens (tertiary/aromatic N) is 2. The summed E-state index contributed by atoms with van der Waals surface area (Å²) in [6, 6.07) is 17.1. The van der Waals surface area contributed by atoms with E-state index in [4.69, 9.17) is 0 Å². The van der Waals surface area contributed by atoms with Crippen molar-refractivity contribution < 1.29 is 19.2 Å². The summed E-state index contributed by atoms with van der Waals surface area (Å²) >= 11 is 0. The molecule has 1 atom stereocenters. The largest absolute Gasteiger partial charge is 0.333 e. The number of imide groups is 1. The Morgan fingerprint density at radius 1 is 1.00 bits per heavy atom. The van der Waals surface area contributed by atoms with Crippen LogP contribution in [0, 0.1) is 0 Å². The van der Waals surface area contributed by atoms with Gasteiger partial charge >= 0.3 is 6.03 Å². The number of carbonyl (C=O) groups excluding carboxylic acids is 4. The van der Waals surface area contributed by atoms with Crippen LogP contribution in [0.2, 0.25) is 0 Å². The Balaban J connectivity index is 0.000000376. The Bertz CT molecular complexity index is 1040. The maximum Gasteiger partial charge on any atom is 0.324 e. The molecule has 2 aromatic rings. The fraction of sp³-hybridized carbons (Fsp3) is 0.360. The minimum absolute atomic E-state index is 0.0206. The second kappa shape index (κ2) is 9.44. The number of rotatable bonds is 3. The van der Waals surface area contributed by atoms with Crippen LogP contribution < -0.4 is 10.6 Å². The first kappa shape index (κ1) is 22.5. The summed E-state index contributed by atoms with van der Waals surface area (Å²) in [4.78, 5) is 51.4. The summed E-state index contributed by atoms with van der Waals surface area (Å²) in [7, 11) is 1.63. The van der Waals surface area contributed by atoms with E-state index in [-0.39, 0.29) is 30.3 Å². The van der Waals surface area contributed by atoms with Crippen LogP contribution in [-0.4, -0.2) is 59.2 Å². The Hall–Kier alpha value is -3.68. The van der Waals surface area contributed by atoms with E-state index < -0.39 is 5.54 Å². The lowest BCUT2D eigenvalue weighted by Gasteiger charge is -2.27. The number of amides is 5. The highest BCUT2D eigenvalue weighted by molar-refractivity contribution is 6.07. The molecule has 8 heteroatoms. The van der Waals surface area contributed by atoms with E-state index in [1.807, 2.05) is 48.5 Å². The van der Waals surface area contributed by atoms with Gasteiger partial charge in [0.1, 0.15) is 5.54 Å². The highest BCUT2D eigenvalue weighted by Crippen LogP contribution is 2.38. The van der Waals surface area contributed by atoms with E-state index in [1.165, 1.54) is 4.90 Å². The molecular weight excluding hydrogens is 420 g/mol. The van der Waals surface area contributed by atoms with Gasteiger partial charge in [-0.1, -0.05) is 42.5 Å². The molecule has 1 aliphatic carbocycles. The van der Waals surface area contributed by atoms with Crippen molar-refractivity contribution in [2.24, 2.45) is 0 Å². The van der Waals surface area contributed by atoms with Crippen LogP contribution in [0.3, 0.4) is 0 Å². The minimum Gasteiger partial charge on any atom is -0.333 e. The predicted molar refractivity (Wildman–Crippen MR) is 123 cm³/mol. The lowest BCUT2D eigenvalue weighted by Crippen LogP contribution is -2.48. The first-order valence-corrected chi connectivity index (χ1v) is 11.2. The van der Waals surface area contributed by atoms with Gasteiger partial charge in [0.15, 0.2) is 0 Å². The standard InChI is InChI=1S/C19H22N4O4.C6H6/c1-22-18(27)21-17(26)19(22)9-12-5-6-14(8-13(12)10-19)20-15(24)11-23-7-3-2-4-16(23)25;1-2-4-6-5-3-1/h5-6,8H,2-4,7,9-11H2,1H3,(H,20,24)(H,21,26,27);1-6H. The van der Waals surface area contributed by atoms with E-state index in [2.05, 4.69) is 10.6 Å². The molecule has 0 aromatic heterocycles. The van der Waals surface area contributed by atoms with Crippen LogP contribution in [0.25, 0.3) is 0 Å². The van der Waals surface area contributed by atoms with Crippen LogP contribution in [0.5, 0.6) is 0 Å². The zero-order valence-corrected chi connectivity index (χ0v) is 18.7. The van der Waals surface area contributed by atoms with E-state index in [0.29, 0.717) is 31.5 Å². The summed E-state index contributed by atoms with van der Waals surface area (Å²) in [6.07, 6.45) is 3.20. The average Bonchev–Trinajstić information content (AvgIpc) is 3.30. The van der Waals surface area contributed by atoms with E-state index in [9.17, 15) is 19.2 Å². The fourth-order valence-corrected chi connectivity index (χ4v) is 4.56. The van der Waals surface area contributed by atoms with E-state index in [0.717, 1.165) is 24.0 Å². The normalized spacial score (nSPS) is 21.4. The van der Waals surface area contributed by atoms with Gasteiger partial charge in [0.05, 0.1) is 6.54 Å². The number of piperidine rings is 1. The van der Waals surface area contributed by atoms with Crippen molar-refractivity contribution in [3.63, 3.8) is 0 Å². The third-order valence-corrected chi connectivity index (χ3v) is 6.47. The van der Waals surface area contributed by atoms with Crippen molar-refractivity contribution in [3.8, 4) is 0 Å². The summed E-state index contributed by atoms with van der Waals surface area (Å²) in [5.74, 6) is -0.489. The van der Waals surface area contributed by atoms with Crippen LogP contribution in [0.1, 0.15) is 30.4 Å². The zero-order chi connectivity index (χ0) is 23.4. The SMILES string of the molecule is CN1C(=O)NC(=O)C12Cc1ccc(NC(=O)CN3CCCCC3=O)cc1C2.c1ccccc1. The van der Waals surface area contributed by atoms with Gasteiger partial charge in [-0.25, -0.2) is 4.79 Å². The Morgan fingerprint density at radius 2 is 1.67 bits per heavy atom. The molecule has 2 saturated heterocycles. The van der Waals surface area contributed by atoms with Gasteiger partial charge < -0.3 is 15.1 Å². The highest BCUT2D eigenvalue weighted by atomic mass is 16.2. The Labute approximate surface area is 192 Å². The molecule has 2 fully saturated rings. The third-order valence-electron chi connectivity index (χ3n) is 6.47. The van der Waals surface area contributed by atoms with Crippen molar-refractivity contribution in [1.29, 1.82) is 0 Å². The Morgan fingerprint density at radius 3 is 2.27 bits per heavy atom. The molecule has 2 N–H and O–H groups in total. The van der Waals surface area contributed by atoms with Crippen LogP contribution in [-0.2, 0) is 27.2 Å². The average molecular weight is 449 g/mol. The number of likely N-dealkylation sites (tertiary alicyclic amines) is 1. The molecule has 33 heavy (non-hydrogen) atoms. The van der Waals surface area contributed by atoms with Gasteiger partial charge in [-0.05, 0) is 36.1 Å². The summed E-state index contributed by atoms with van der Waals surface area (Å²) < 4.78 is 0. The molecule has 3 aliphatic rings. The monoisotopic (exact) mass is 448 g/mol. The number of nitrogens with one attached hydrogen (secondary N) is 2. The van der Waals surface area contributed by atoms with Crippen LogP contribution in [0.4, 0.5) is 10.5 Å². The smallest absolute Gasteiger partial charge is 0.324 e. The molecule has 2 heterocycles. The third kappa shape index (κ3) is 4.74. The van der Waals surface area contributed by atoms with E-state index >= 15 is 0 Å². The number of anilines is 1. The van der Waals surface area contributed by atoms with Gasteiger partial charge in [-0.3, -0.25) is 19.7 Å². The number of fused-ring (bicyclic) bond motifs is 1. The second-order valence-electron chi connectivity index (χ2n) is 8.66. The maximum atomic E-state index is 12.3.